The van der Waals surface area contributed by atoms with Crippen LogP contribution in [-0.4, -0.2) is 6.54 Å². The molecule has 0 aromatic heterocycles. The molecule has 78 valence electrons. The van der Waals surface area contributed by atoms with Crippen molar-refractivity contribution in [3.8, 4) is 0 Å². The predicted molar refractivity (Wildman–Crippen MR) is 43.9 cm³/mol. The summed E-state index contributed by atoms with van der Waals surface area (Å²) in [6.45, 7) is -0.333. The summed E-state index contributed by atoms with van der Waals surface area (Å²) >= 11 is 0. The lowest BCUT2D eigenvalue weighted by atomic mass is 10.0. The molecule has 1 aromatic carbocycles. The molecule has 0 unspecified atom stereocenters. The molecule has 0 atom stereocenters. The number of hydrogen-bond acceptors (Lipinski definition) is 1. The zero-order valence-corrected chi connectivity index (χ0v) is 7.24. The summed E-state index contributed by atoms with van der Waals surface area (Å²) in [6, 6.07) is 2.62. The quantitative estimate of drug-likeness (QED) is 0.757. The van der Waals surface area contributed by atoms with Gasteiger partial charge in [-0.1, -0.05) is 6.07 Å². The third kappa shape index (κ3) is 2.04. The fraction of sp³-hybridized carbons (Fsp3) is 0.333. The Bertz CT molecular complexity index is 304. The van der Waals surface area contributed by atoms with Crippen molar-refractivity contribution < 1.29 is 17.6 Å². The number of alkyl halides is 2. The average molecular weight is 207 g/mol. The number of benzene rings is 1. The van der Waals surface area contributed by atoms with Crippen LogP contribution in [0.3, 0.4) is 0 Å². The second-order valence-electron chi connectivity index (χ2n) is 2.84. The molecule has 1 aromatic rings. The van der Waals surface area contributed by atoms with Gasteiger partial charge in [0.05, 0.1) is 5.56 Å². The minimum Gasteiger partial charge on any atom is -0.330 e. The predicted octanol–water partition coefficient (Wildman–Crippen LogP) is 2.41. The summed E-state index contributed by atoms with van der Waals surface area (Å²) in [6.07, 6.45) is -0.773. The Morgan fingerprint density at radius 2 is 1.64 bits per heavy atom. The van der Waals surface area contributed by atoms with Gasteiger partial charge < -0.3 is 5.73 Å². The van der Waals surface area contributed by atoms with E-state index in [1.54, 1.807) is 0 Å². The standard InChI is InChI=1S/C9H9F4N/c10-6-2-1-3-7(11)8(6)9(12,13)4-5-14/h1-3H,4-5,14H2. The highest BCUT2D eigenvalue weighted by molar-refractivity contribution is 5.24. The van der Waals surface area contributed by atoms with E-state index in [0.717, 1.165) is 18.2 Å². The molecule has 0 amide bonds. The molecule has 5 heteroatoms. The molecule has 0 aliphatic carbocycles. The van der Waals surface area contributed by atoms with Gasteiger partial charge in [-0.05, 0) is 18.7 Å². The van der Waals surface area contributed by atoms with Crippen molar-refractivity contribution in [1.29, 1.82) is 0 Å². The monoisotopic (exact) mass is 207 g/mol. The molecule has 1 nitrogen and oxygen atoms in total. The van der Waals surface area contributed by atoms with Crippen molar-refractivity contribution in [2.24, 2.45) is 5.73 Å². The molecule has 0 saturated heterocycles. The maximum Gasteiger partial charge on any atom is 0.280 e. The summed E-state index contributed by atoms with van der Waals surface area (Å²) in [5.74, 6) is -6.05. The van der Waals surface area contributed by atoms with E-state index in [2.05, 4.69) is 0 Å². The number of rotatable bonds is 3. The molecule has 0 aliphatic rings. The molecule has 0 saturated carbocycles. The lowest BCUT2D eigenvalue weighted by Gasteiger charge is -2.16. The minimum absolute atomic E-state index is 0.333. The van der Waals surface area contributed by atoms with E-state index in [1.165, 1.54) is 0 Å². The van der Waals surface area contributed by atoms with Crippen molar-refractivity contribution >= 4 is 0 Å². The molecule has 14 heavy (non-hydrogen) atoms. The number of halogens is 4. The van der Waals surface area contributed by atoms with Gasteiger partial charge in [-0.25, -0.2) is 17.6 Å². The largest absolute Gasteiger partial charge is 0.330 e. The summed E-state index contributed by atoms with van der Waals surface area (Å²) in [4.78, 5) is 0. The van der Waals surface area contributed by atoms with Gasteiger partial charge in [0.1, 0.15) is 11.6 Å². The van der Waals surface area contributed by atoms with Crippen LogP contribution < -0.4 is 5.73 Å². The fourth-order valence-electron chi connectivity index (χ4n) is 1.15. The third-order valence-corrected chi connectivity index (χ3v) is 1.79. The summed E-state index contributed by atoms with van der Waals surface area (Å²) in [5, 5.41) is 0. The molecule has 0 fully saturated rings. The summed E-state index contributed by atoms with van der Waals surface area (Å²) in [5.41, 5.74) is 3.72. The van der Waals surface area contributed by atoms with Crippen LogP contribution in [0.1, 0.15) is 12.0 Å². The van der Waals surface area contributed by atoms with Crippen LogP contribution in [0.15, 0.2) is 18.2 Å². The van der Waals surface area contributed by atoms with Crippen molar-refractivity contribution in [1.82, 2.24) is 0 Å². The van der Waals surface area contributed by atoms with Gasteiger partial charge in [0.25, 0.3) is 5.92 Å². The van der Waals surface area contributed by atoms with E-state index in [-0.39, 0.29) is 6.54 Å². The van der Waals surface area contributed by atoms with Crippen LogP contribution in [0.25, 0.3) is 0 Å². The van der Waals surface area contributed by atoms with Crippen LogP contribution in [0.5, 0.6) is 0 Å². The first-order chi connectivity index (χ1) is 6.49. The second-order valence-corrected chi connectivity index (χ2v) is 2.84. The van der Waals surface area contributed by atoms with Crippen molar-refractivity contribution in [3.63, 3.8) is 0 Å². The Morgan fingerprint density at radius 3 is 2.07 bits per heavy atom. The highest BCUT2D eigenvalue weighted by Gasteiger charge is 2.36. The minimum atomic E-state index is -3.55. The van der Waals surface area contributed by atoms with E-state index in [0.29, 0.717) is 0 Å². The van der Waals surface area contributed by atoms with Crippen LogP contribution in [0.4, 0.5) is 17.6 Å². The van der Waals surface area contributed by atoms with Crippen molar-refractivity contribution in [2.75, 3.05) is 6.54 Å². The van der Waals surface area contributed by atoms with E-state index in [1.807, 2.05) is 0 Å². The molecule has 0 spiro atoms. The molecule has 0 heterocycles. The van der Waals surface area contributed by atoms with Gasteiger partial charge in [0.15, 0.2) is 0 Å². The first kappa shape index (κ1) is 11.0. The molecule has 1 rings (SSSR count). The molecule has 2 N–H and O–H groups in total. The number of hydrogen-bond donors (Lipinski definition) is 1. The Labute approximate surface area is 78.5 Å². The molecular formula is C9H9F4N. The normalized spacial score (nSPS) is 11.8. The molecule has 0 radical (unpaired) electrons. The highest BCUT2D eigenvalue weighted by Crippen LogP contribution is 2.34. The van der Waals surface area contributed by atoms with Gasteiger partial charge in [-0.2, -0.15) is 0 Å². The summed E-state index contributed by atoms with van der Waals surface area (Å²) in [7, 11) is 0. The maximum atomic E-state index is 13.1. The fourth-order valence-corrected chi connectivity index (χ4v) is 1.15. The highest BCUT2D eigenvalue weighted by atomic mass is 19.3. The SMILES string of the molecule is NCCC(F)(F)c1c(F)cccc1F. The van der Waals surface area contributed by atoms with Gasteiger partial charge in [0, 0.05) is 6.42 Å². The van der Waals surface area contributed by atoms with E-state index >= 15 is 0 Å². The topological polar surface area (TPSA) is 26.0 Å². The molecule has 0 bridgehead atoms. The van der Waals surface area contributed by atoms with Gasteiger partial charge >= 0.3 is 0 Å². The van der Waals surface area contributed by atoms with Crippen LogP contribution in [-0.2, 0) is 5.92 Å². The first-order valence-corrected chi connectivity index (χ1v) is 4.01. The van der Waals surface area contributed by atoms with Gasteiger partial charge in [0.2, 0.25) is 0 Å². The van der Waals surface area contributed by atoms with Crippen molar-refractivity contribution in [2.45, 2.75) is 12.3 Å². The third-order valence-electron chi connectivity index (χ3n) is 1.79. The van der Waals surface area contributed by atoms with E-state index in [9.17, 15) is 17.6 Å². The van der Waals surface area contributed by atoms with Gasteiger partial charge in [-0.15, -0.1) is 0 Å². The van der Waals surface area contributed by atoms with Gasteiger partial charge in [-0.3, -0.25) is 0 Å². The Hall–Kier alpha value is -1.10. The Balaban J connectivity index is 3.17. The molecular weight excluding hydrogens is 198 g/mol. The first-order valence-electron chi connectivity index (χ1n) is 4.01. The van der Waals surface area contributed by atoms with Crippen LogP contribution in [0, 0.1) is 11.6 Å². The number of nitrogens with two attached hydrogens (primary N) is 1. The Kier molecular flexibility index (Phi) is 3.10. The van der Waals surface area contributed by atoms with E-state index < -0.39 is 29.5 Å². The lowest BCUT2D eigenvalue weighted by molar-refractivity contribution is -0.0176. The zero-order valence-electron chi connectivity index (χ0n) is 7.24. The average Bonchev–Trinajstić information content (AvgIpc) is 2.02. The smallest absolute Gasteiger partial charge is 0.280 e. The van der Waals surface area contributed by atoms with Crippen LogP contribution in [0.2, 0.25) is 0 Å². The molecule has 0 aliphatic heterocycles. The van der Waals surface area contributed by atoms with Crippen molar-refractivity contribution in [3.05, 3.63) is 35.4 Å². The van der Waals surface area contributed by atoms with Crippen LogP contribution >= 0.6 is 0 Å². The second kappa shape index (κ2) is 3.96. The Morgan fingerprint density at radius 1 is 1.14 bits per heavy atom. The lowest BCUT2D eigenvalue weighted by Crippen LogP contribution is -2.21. The van der Waals surface area contributed by atoms with E-state index in [4.69, 9.17) is 5.73 Å². The summed E-state index contributed by atoms with van der Waals surface area (Å²) < 4.78 is 52.1. The maximum absolute atomic E-state index is 13.1. The zero-order chi connectivity index (χ0) is 10.8.